The molecule has 3 aliphatic rings. The van der Waals surface area contributed by atoms with E-state index in [0.29, 0.717) is 24.1 Å². The molecular formula is C21H27N5O4. The lowest BCUT2D eigenvalue weighted by Crippen LogP contribution is -2.52. The number of amides is 4. The molecule has 0 saturated carbocycles. The fraction of sp³-hybridized carbons (Fsp3) is 0.524. The fourth-order valence-corrected chi connectivity index (χ4v) is 4.31. The van der Waals surface area contributed by atoms with Crippen molar-refractivity contribution < 1.29 is 19.2 Å². The molecular weight excluding hydrogens is 386 g/mol. The maximum atomic E-state index is 12.8. The van der Waals surface area contributed by atoms with Crippen molar-refractivity contribution in [2.45, 2.75) is 38.3 Å². The minimum atomic E-state index is -0.662. The van der Waals surface area contributed by atoms with Crippen molar-refractivity contribution in [2.75, 3.05) is 38.0 Å². The van der Waals surface area contributed by atoms with Crippen LogP contribution >= 0.6 is 0 Å². The van der Waals surface area contributed by atoms with Gasteiger partial charge in [-0.3, -0.25) is 24.5 Å². The van der Waals surface area contributed by atoms with Crippen molar-refractivity contribution in [3.8, 4) is 0 Å². The lowest BCUT2D eigenvalue weighted by Gasteiger charge is -2.29. The van der Waals surface area contributed by atoms with E-state index < -0.39 is 11.9 Å². The third kappa shape index (κ3) is 4.36. The Balaban J connectivity index is 1.37. The maximum absolute atomic E-state index is 12.8. The number of fused-ring (bicyclic) bond motifs is 1. The van der Waals surface area contributed by atoms with Gasteiger partial charge in [-0.05, 0) is 31.5 Å². The van der Waals surface area contributed by atoms with E-state index in [9.17, 15) is 19.2 Å². The molecule has 1 aromatic carbocycles. The van der Waals surface area contributed by atoms with E-state index in [1.807, 2.05) is 0 Å². The molecule has 9 heteroatoms. The smallest absolute Gasteiger partial charge is 0.255 e. The minimum Gasteiger partial charge on any atom is -0.326 e. The van der Waals surface area contributed by atoms with E-state index >= 15 is 0 Å². The quantitative estimate of drug-likeness (QED) is 0.570. The Labute approximate surface area is 175 Å². The Morgan fingerprint density at radius 3 is 2.73 bits per heavy atom. The van der Waals surface area contributed by atoms with E-state index in [1.54, 1.807) is 18.2 Å². The Morgan fingerprint density at radius 2 is 1.97 bits per heavy atom. The van der Waals surface area contributed by atoms with Gasteiger partial charge in [-0.15, -0.1) is 0 Å². The zero-order chi connectivity index (χ0) is 21.1. The molecule has 0 bridgehead atoms. The van der Waals surface area contributed by atoms with Crippen LogP contribution in [0.15, 0.2) is 18.2 Å². The van der Waals surface area contributed by atoms with Gasteiger partial charge in [0.1, 0.15) is 6.04 Å². The third-order valence-corrected chi connectivity index (χ3v) is 5.94. The van der Waals surface area contributed by atoms with Crippen molar-refractivity contribution in [1.82, 2.24) is 20.4 Å². The highest BCUT2D eigenvalue weighted by molar-refractivity contribution is 6.06. The molecule has 0 radical (unpaired) electrons. The summed E-state index contributed by atoms with van der Waals surface area (Å²) in [6.07, 6.45) is 1.73. The molecule has 1 atom stereocenters. The van der Waals surface area contributed by atoms with Crippen LogP contribution in [0.4, 0.5) is 5.69 Å². The van der Waals surface area contributed by atoms with Crippen molar-refractivity contribution >= 4 is 29.3 Å². The van der Waals surface area contributed by atoms with Crippen molar-refractivity contribution in [3.63, 3.8) is 0 Å². The van der Waals surface area contributed by atoms with Crippen LogP contribution in [0.3, 0.4) is 0 Å². The highest BCUT2D eigenvalue weighted by atomic mass is 16.2. The lowest BCUT2D eigenvalue weighted by atomic mass is 10.0. The first-order valence-corrected chi connectivity index (χ1v) is 10.5. The highest BCUT2D eigenvalue weighted by Gasteiger charge is 2.39. The summed E-state index contributed by atoms with van der Waals surface area (Å²) in [6, 6.07) is 4.57. The molecule has 3 aliphatic heterocycles. The standard InChI is InChI=1S/C21H27N5O4/c27-18(5-2-10-25-11-8-22-9-12-25)23-16-4-1-3-14-15(16)13-26(21(14)30)17-6-7-19(28)24-20(17)29/h1,3-4,17,22H,2,5-13H2,(H,23,27)(H,24,28,29). The van der Waals surface area contributed by atoms with Crippen LogP contribution < -0.4 is 16.0 Å². The Bertz CT molecular complexity index is 865. The van der Waals surface area contributed by atoms with Crippen LogP contribution in [-0.4, -0.2) is 72.2 Å². The number of hydrogen-bond donors (Lipinski definition) is 3. The van der Waals surface area contributed by atoms with Crippen LogP contribution in [0.2, 0.25) is 0 Å². The number of piperidine rings is 1. The number of carbonyl (C=O) groups excluding carboxylic acids is 4. The number of hydrogen-bond acceptors (Lipinski definition) is 6. The predicted molar refractivity (Wildman–Crippen MR) is 110 cm³/mol. The van der Waals surface area contributed by atoms with Gasteiger partial charge in [0.05, 0.1) is 0 Å². The van der Waals surface area contributed by atoms with E-state index in [4.69, 9.17) is 0 Å². The molecule has 2 fully saturated rings. The summed E-state index contributed by atoms with van der Waals surface area (Å²) in [6.45, 7) is 5.12. The van der Waals surface area contributed by atoms with Crippen LogP contribution in [0, 0.1) is 0 Å². The van der Waals surface area contributed by atoms with Gasteiger partial charge in [-0.1, -0.05) is 6.07 Å². The number of nitrogens with zero attached hydrogens (tertiary/aromatic N) is 2. The summed E-state index contributed by atoms with van der Waals surface area (Å²) in [7, 11) is 0. The van der Waals surface area contributed by atoms with Gasteiger partial charge in [0.25, 0.3) is 5.91 Å². The molecule has 9 nitrogen and oxygen atoms in total. The molecule has 1 aromatic rings. The molecule has 0 spiro atoms. The van der Waals surface area contributed by atoms with Crippen molar-refractivity contribution in [3.05, 3.63) is 29.3 Å². The van der Waals surface area contributed by atoms with Gasteiger partial charge in [0.2, 0.25) is 17.7 Å². The average molecular weight is 413 g/mol. The molecule has 3 heterocycles. The largest absolute Gasteiger partial charge is 0.326 e. The predicted octanol–water partition coefficient (Wildman–Crippen LogP) is 0.0715. The summed E-state index contributed by atoms with van der Waals surface area (Å²) in [5.74, 6) is -1.07. The normalized spacial score (nSPS) is 22.1. The monoisotopic (exact) mass is 413 g/mol. The molecule has 2 saturated heterocycles. The summed E-state index contributed by atoms with van der Waals surface area (Å²) in [4.78, 5) is 52.8. The Hall–Kier alpha value is -2.78. The van der Waals surface area contributed by atoms with Gasteiger partial charge < -0.3 is 20.4 Å². The number of anilines is 1. The second-order valence-electron chi connectivity index (χ2n) is 7.98. The first-order chi connectivity index (χ1) is 14.5. The van der Waals surface area contributed by atoms with Gasteiger partial charge in [-0.2, -0.15) is 0 Å². The molecule has 4 amide bonds. The van der Waals surface area contributed by atoms with Crippen LogP contribution in [0.5, 0.6) is 0 Å². The molecule has 30 heavy (non-hydrogen) atoms. The van der Waals surface area contributed by atoms with Gasteiger partial charge >= 0.3 is 0 Å². The topological polar surface area (TPSA) is 111 Å². The summed E-state index contributed by atoms with van der Waals surface area (Å²) in [5, 5.41) is 8.55. The second-order valence-corrected chi connectivity index (χ2v) is 7.98. The molecule has 3 N–H and O–H groups in total. The number of carbonyl (C=O) groups is 4. The molecule has 4 rings (SSSR count). The number of piperazine rings is 1. The maximum Gasteiger partial charge on any atom is 0.255 e. The summed E-state index contributed by atoms with van der Waals surface area (Å²) in [5.41, 5.74) is 1.84. The lowest BCUT2D eigenvalue weighted by molar-refractivity contribution is -0.137. The Kier molecular flexibility index (Phi) is 6.10. The molecule has 0 aromatic heterocycles. The third-order valence-electron chi connectivity index (χ3n) is 5.94. The van der Waals surface area contributed by atoms with E-state index in [2.05, 4.69) is 20.9 Å². The van der Waals surface area contributed by atoms with E-state index in [-0.39, 0.29) is 30.7 Å². The number of nitrogens with one attached hydrogen (secondary N) is 3. The number of benzene rings is 1. The van der Waals surface area contributed by atoms with Crippen LogP contribution in [0.25, 0.3) is 0 Å². The zero-order valence-electron chi connectivity index (χ0n) is 16.9. The second kappa shape index (κ2) is 8.93. The van der Waals surface area contributed by atoms with Gasteiger partial charge in [0, 0.05) is 62.4 Å². The van der Waals surface area contributed by atoms with E-state index in [0.717, 1.165) is 44.7 Å². The summed E-state index contributed by atoms with van der Waals surface area (Å²) < 4.78 is 0. The molecule has 0 aliphatic carbocycles. The highest BCUT2D eigenvalue weighted by Crippen LogP contribution is 2.32. The van der Waals surface area contributed by atoms with Crippen molar-refractivity contribution in [1.29, 1.82) is 0 Å². The number of rotatable bonds is 6. The van der Waals surface area contributed by atoms with Gasteiger partial charge in [-0.25, -0.2) is 0 Å². The van der Waals surface area contributed by atoms with E-state index in [1.165, 1.54) is 4.90 Å². The average Bonchev–Trinajstić information content (AvgIpc) is 3.06. The molecule has 1 unspecified atom stereocenters. The fourth-order valence-electron chi connectivity index (χ4n) is 4.31. The summed E-state index contributed by atoms with van der Waals surface area (Å²) >= 11 is 0. The van der Waals surface area contributed by atoms with Crippen molar-refractivity contribution in [2.24, 2.45) is 0 Å². The van der Waals surface area contributed by atoms with Crippen LogP contribution in [-0.2, 0) is 20.9 Å². The van der Waals surface area contributed by atoms with Crippen LogP contribution in [0.1, 0.15) is 41.6 Å². The zero-order valence-corrected chi connectivity index (χ0v) is 16.9. The Morgan fingerprint density at radius 1 is 1.17 bits per heavy atom. The SMILES string of the molecule is O=C1CCC(N2Cc3c(NC(=O)CCCN4CCNCC4)cccc3C2=O)C(=O)N1. The minimum absolute atomic E-state index is 0.0783. The first-order valence-electron chi connectivity index (χ1n) is 10.5. The number of imide groups is 1. The van der Waals surface area contributed by atoms with Gasteiger partial charge in [0.15, 0.2) is 0 Å². The first kappa shape index (κ1) is 20.5. The molecule has 160 valence electrons.